The van der Waals surface area contributed by atoms with E-state index < -0.39 is 0 Å². The molecule has 0 bridgehead atoms. The fourth-order valence-electron chi connectivity index (χ4n) is 1.87. The Hall–Kier alpha value is -2.08. The van der Waals surface area contributed by atoms with Crippen LogP contribution in [0, 0.1) is 0 Å². The van der Waals surface area contributed by atoms with Crippen molar-refractivity contribution in [2.24, 2.45) is 0 Å². The highest BCUT2D eigenvalue weighted by atomic mass is 32.2. The second kappa shape index (κ2) is 7.08. The number of nitrogens with zero attached hydrogens (tertiary/aromatic N) is 1. The van der Waals surface area contributed by atoms with E-state index in [9.17, 15) is 0 Å². The zero-order valence-electron chi connectivity index (χ0n) is 12.3. The number of nitrogens with two attached hydrogens (primary N) is 1. The van der Waals surface area contributed by atoms with Gasteiger partial charge in [0.2, 0.25) is 0 Å². The van der Waals surface area contributed by atoms with Gasteiger partial charge in [-0.05, 0) is 18.2 Å². The van der Waals surface area contributed by atoms with Crippen molar-refractivity contribution in [2.75, 3.05) is 27.1 Å². The Balaban J connectivity index is 2.20. The van der Waals surface area contributed by atoms with Crippen LogP contribution in [0.1, 0.15) is 5.69 Å². The number of hydrogen-bond donors (Lipinski definition) is 1. The van der Waals surface area contributed by atoms with E-state index in [2.05, 4.69) is 4.98 Å². The molecule has 0 aliphatic carbocycles. The molecule has 0 fully saturated rings. The molecule has 0 radical (unpaired) electrons. The molecule has 1 aromatic heterocycles. The lowest BCUT2D eigenvalue weighted by atomic mass is 10.3. The molecule has 0 spiro atoms. The van der Waals surface area contributed by atoms with Crippen LogP contribution < -0.4 is 19.9 Å². The first-order chi connectivity index (χ1) is 10.2. The van der Waals surface area contributed by atoms with Crippen molar-refractivity contribution < 1.29 is 14.2 Å². The summed E-state index contributed by atoms with van der Waals surface area (Å²) in [7, 11) is 4.84. The van der Waals surface area contributed by atoms with Crippen molar-refractivity contribution in [3.05, 3.63) is 36.2 Å². The van der Waals surface area contributed by atoms with Crippen molar-refractivity contribution in [3.63, 3.8) is 0 Å². The molecule has 2 aromatic rings. The summed E-state index contributed by atoms with van der Waals surface area (Å²) in [6.07, 6.45) is 1.70. The molecule has 2 rings (SSSR count). The van der Waals surface area contributed by atoms with Gasteiger partial charge >= 0.3 is 0 Å². The number of nitrogen functional groups attached to an aromatic ring is 1. The SMILES string of the molecule is COc1ccc(N)c(SCc2nccc(OC)c2OC)c1. The number of rotatable bonds is 6. The van der Waals surface area contributed by atoms with Crippen LogP contribution in [0.15, 0.2) is 35.4 Å². The zero-order valence-corrected chi connectivity index (χ0v) is 13.1. The molecule has 112 valence electrons. The molecule has 0 aliphatic heterocycles. The minimum atomic E-state index is 0.623. The summed E-state index contributed by atoms with van der Waals surface area (Å²) in [5.41, 5.74) is 7.50. The van der Waals surface area contributed by atoms with Gasteiger partial charge in [0.05, 0.1) is 27.0 Å². The highest BCUT2D eigenvalue weighted by Gasteiger charge is 2.12. The minimum absolute atomic E-state index is 0.623. The first kappa shape index (κ1) is 15.3. The van der Waals surface area contributed by atoms with Gasteiger partial charge in [-0.1, -0.05) is 0 Å². The predicted molar refractivity (Wildman–Crippen MR) is 84.3 cm³/mol. The van der Waals surface area contributed by atoms with Crippen LogP contribution in [0.5, 0.6) is 17.2 Å². The summed E-state index contributed by atoms with van der Waals surface area (Å²) < 4.78 is 15.9. The van der Waals surface area contributed by atoms with Crippen molar-refractivity contribution in [1.29, 1.82) is 0 Å². The molecular formula is C15H18N2O3S. The third kappa shape index (κ3) is 3.52. The molecule has 5 nitrogen and oxygen atoms in total. The van der Waals surface area contributed by atoms with Gasteiger partial charge in [-0.15, -0.1) is 11.8 Å². The number of pyridine rings is 1. The van der Waals surface area contributed by atoms with Gasteiger partial charge in [0, 0.05) is 28.6 Å². The van der Waals surface area contributed by atoms with E-state index >= 15 is 0 Å². The second-order valence-electron chi connectivity index (χ2n) is 4.19. The first-order valence-corrected chi connectivity index (χ1v) is 7.30. The normalized spacial score (nSPS) is 10.2. The quantitative estimate of drug-likeness (QED) is 0.654. The van der Waals surface area contributed by atoms with Crippen LogP contribution in [-0.2, 0) is 5.75 Å². The van der Waals surface area contributed by atoms with Gasteiger partial charge in [-0.25, -0.2) is 0 Å². The molecule has 0 saturated heterocycles. The largest absolute Gasteiger partial charge is 0.497 e. The van der Waals surface area contributed by atoms with Gasteiger partial charge in [-0.3, -0.25) is 4.98 Å². The Labute approximate surface area is 128 Å². The van der Waals surface area contributed by atoms with Gasteiger partial charge in [0.15, 0.2) is 11.5 Å². The van der Waals surface area contributed by atoms with Crippen molar-refractivity contribution in [2.45, 2.75) is 10.6 Å². The van der Waals surface area contributed by atoms with Crippen LogP contribution in [-0.4, -0.2) is 26.3 Å². The van der Waals surface area contributed by atoms with E-state index in [1.165, 1.54) is 0 Å². The minimum Gasteiger partial charge on any atom is -0.497 e. The average Bonchev–Trinajstić information content (AvgIpc) is 2.53. The lowest BCUT2D eigenvalue weighted by molar-refractivity contribution is 0.350. The number of hydrogen-bond acceptors (Lipinski definition) is 6. The molecule has 1 heterocycles. The molecule has 0 amide bonds. The Morgan fingerprint density at radius 3 is 2.57 bits per heavy atom. The van der Waals surface area contributed by atoms with E-state index in [-0.39, 0.29) is 0 Å². The molecule has 0 atom stereocenters. The summed E-state index contributed by atoms with van der Waals surface area (Å²) in [6, 6.07) is 7.35. The van der Waals surface area contributed by atoms with Crippen molar-refractivity contribution >= 4 is 17.4 Å². The summed E-state index contributed by atoms with van der Waals surface area (Å²) in [6.45, 7) is 0. The summed E-state index contributed by atoms with van der Waals surface area (Å²) >= 11 is 1.58. The van der Waals surface area contributed by atoms with E-state index in [0.29, 0.717) is 22.9 Å². The Kier molecular flexibility index (Phi) is 5.16. The van der Waals surface area contributed by atoms with Crippen molar-refractivity contribution in [1.82, 2.24) is 4.98 Å². The van der Waals surface area contributed by atoms with Crippen LogP contribution in [0.3, 0.4) is 0 Å². The maximum absolute atomic E-state index is 5.98. The van der Waals surface area contributed by atoms with Gasteiger partial charge in [-0.2, -0.15) is 0 Å². The standard InChI is InChI=1S/C15H18N2O3S/c1-18-10-4-5-11(16)14(8-10)21-9-12-15(20-3)13(19-2)6-7-17-12/h4-8H,9,16H2,1-3H3. The highest BCUT2D eigenvalue weighted by molar-refractivity contribution is 7.98. The maximum Gasteiger partial charge on any atom is 0.183 e. The number of benzene rings is 1. The fourth-order valence-corrected chi connectivity index (χ4v) is 2.80. The van der Waals surface area contributed by atoms with Crippen LogP contribution in [0.25, 0.3) is 0 Å². The second-order valence-corrected chi connectivity index (χ2v) is 5.20. The smallest absolute Gasteiger partial charge is 0.183 e. The lowest BCUT2D eigenvalue weighted by Crippen LogP contribution is -1.98. The van der Waals surface area contributed by atoms with Crippen LogP contribution in [0.2, 0.25) is 0 Å². The molecule has 21 heavy (non-hydrogen) atoms. The molecule has 0 aliphatic rings. The van der Waals surface area contributed by atoms with E-state index in [4.69, 9.17) is 19.9 Å². The lowest BCUT2D eigenvalue weighted by Gasteiger charge is -2.12. The molecule has 0 saturated carbocycles. The van der Waals surface area contributed by atoms with E-state index in [1.54, 1.807) is 45.4 Å². The Morgan fingerprint density at radius 2 is 1.90 bits per heavy atom. The zero-order chi connectivity index (χ0) is 15.2. The monoisotopic (exact) mass is 306 g/mol. The third-order valence-corrected chi connectivity index (χ3v) is 4.03. The van der Waals surface area contributed by atoms with Gasteiger partial charge < -0.3 is 19.9 Å². The first-order valence-electron chi connectivity index (χ1n) is 6.31. The number of anilines is 1. The maximum atomic E-state index is 5.98. The number of aromatic nitrogens is 1. The van der Waals surface area contributed by atoms with Crippen molar-refractivity contribution in [3.8, 4) is 17.2 Å². The van der Waals surface area contributed by atoms with Gasteiger partial charge in [0.1, 0.15) is 5.75 Å². The summed E-state index contributed by atoms with van der Waals surface area (Å²) in [4.78, 5) is 5.29. The number of methoxy groups -OCH3 is 3. The molecule has 0 unspecified atom stereocenters. The predicted octanol–water partition coefficient (Wildman–Crippen LogP) is 2.98. The number of thioether (sulfide) groups is 1. The number of ether oxygens (including phenoxy) is 3. The third-order valence-electron chi connectivity index (χ3n) is 2.95. The van der Waals surface area contributed by atoms with E-state index in [1.807, 2.05) is 18.2 Å². The fraction of sp³-hybridized carbons (Fsp3) is 0.267. The molecular weight excluding hydrogens is 288 g/mol. The molecule has 6 heteroatoms. The van der Waals surface area contributed by atoms with E-state index in [0.717, 1.165) is 16.3 Å². The Morgan fingerprint density at radius 1 is 1.10 bits per heavy atom. The molecule has 1 aromatic carbocycles. The molecule has 2 N–H and O–H groups in total. The summed E-state index contributed by atoms with van der Waals surface area (Å²) in [5, 5.41) is 0. The summed E-state index contributed by atoms with van der Waals surface area (Å²) in [5.74, 6) is 2.71. The van der Waals surface area contributed by atoms with Crippen LogP contribution in [0.4, 0.5) is 5.69 Å². The average molecular weight is 306 g/mol. The highest BCUT2D eigenvalue weighted by Crippen LogP contribution is 2.36. The van der Waals surface area contributed by atoms with Gasteiger partial charge in [0.25, 0.3) is 0 Å². The van der Waals surface area contributed by atoms with Crippen LogP contribution >= 0.6 is 11.8 Å². The Bertz CT molecular complexity index is 620. The topological polar surface area (TPSA) is 66.6 Å².